The van der Waals surface area contributed by atoms with Gasteiger partial charge < -0.3 is 4.74 Å². The summed E-state index contributed by atoms with van der Waals surface area (Å²) in [5.74, 6) is -0.215. The van der Waals surface area contributed by atoms with Gasteiger partial charge in [-0.15, -0.1) is 0 Å². The first kappa shape index (κ1) is 94.6. The van der Waals surface area contributed by atoms with Crippen molar-refractivity contribution in [2.75, 3.05) is 20.2 Å². The lowest BCUT2D eigenvalue weighted by molar-refractivity contribution is 0.0585. The SMILES string of the molecule is COCc1ccc(C)nc1C(C)(C)C.Cc1ccc(-c2ccccn2)nc1C(C)(C)C.Cc1ccc(C)c(C(C)(C)C)n1.Cc1ccc(C)c(C(C)(C)C)n1.Cc1ccc(C)c(C(C)(C)C)n1.Cc1ccc(CN2CC(F)C2)c(C(C)(C)C)n1.Cc1ccc(Cl)c(C(C)(C)C)n1.Cc1ccc(F)c(C(C)(C)C)n1. The average molecular weight is 1500 g/mol. The van der Waals surface area contributed by atoms with Crippen molar-refractivity contribution in [3.63, 3.8) is 0 Å². The molecule has 14 heteroatoms. The van der Waals surface area contributed by atoms with Gasteiger partial charge in [0, 0.05) is 139 Å². The number of alkyl halides is 1. The predicted molar refractivity (Wildman–Crippen MR) is 455 cm³/mol. The third kappa shape index (κ3) is 31.8. The lowest BCUT2D eigenvalue weighted by atomic mass is 9.87. The number of aryl methyl sites for hydroxylation is 11. The minimum Gasteiger partial charge on any atom is -0.380 e. The highest BCUT2D eigenvalue weighted by molar-refractivity contribution is 6.31. The molecule has 0 bridgehead atoms. The number of hydrogen-bond donors (Lipinski definition) is 0. The number of pyridine rings is 9. The Hall–Kier alpha value is -7.58. The van der Waals surface area contributed by atoms with Crippen molar-refractivity contribution in [3.8, 4) is 11.4 Å². The van der Waals surface area contributed by atoms with Crippen molar-refractivity contribution >= 4 is 11.6 Å². The molecule has 11 nitrogen and oxygen atoms in total. The number of rotatable bonds is 5. The van der Waals surface area contributed by atoms with E-state index in [0.717, 1.165) is 85.6 Å². The molecule has 0 radical (unpaired) electrons. The Morgan fingerprint density at radius 2 is 0.639 bits per heavy atom. The second kappa shape index (κ2) is 39.9. The van der Waals surface area contributed by atoms with Gasteiger partial charge in [-0.2, -0.15) is 0 Å². The minimum atomic E-state index is -0.633. The summed E-state index contributed by atoms with van der Waals surface area (Å²) < 4.78 is 31.2. The molecule has 1 fully saturated rings. The van der Waals surface area contributed by atoms with Crippen LogP contribution in [0.15, 0.2) is 121 Å². The molecule has 9 aromatic heterocycles. The molecule has 0 spiro atoms. The fourth-order valence-electron chi connectivity index (χ4n) is 12.0. The molecule has 1 aliphatic heterocycles. The van der Waals surface area contributed by atoms with Gasteiger partial charge in [-0.3, -0.25) is 49.8 Å². The average Bonchev–Trinajstić information content (AvgIpc) is 0.813. The third-order valence-electron chi connectivity index (χ3n) is 17.2. The summed E-state index contributed by atoms with van der Waals surface area (Å²) in [6.07, 6.45) is 1.17. The first-order valence-electron chi connectivity index (χ1n) is 38.1. The molecule has 10 rings (SSSR count). The van der Waals surface area contributed by atoms with Gasteiger partial charge in [0.05, 0.1) is 45.8 Å². The van der Waals surface area contributed by atoms with Crippen molar-refractivity contribution in [1.29, 1.82) is 0 Å². The second-order valence-corrected chi connectivity index (χ2v) is 37.5. The number of halogens is 3. The molecular formula is C94H137ClF2N10O. The van der Waals surface area contributed by atoms with Crippen molar-refractivity contribution in [1.82, 2.24) is 49.8 Å². The van der Waals surface area contributed by atoms with Crippen LogP contribution in [0.4, 0.5) is 8.78 Å². The maximum absolute atomic E-state index is 13.2. The molecule has 0 atom stereocenters. The monoisotopic (exact) mass is 1500 g/mol. The van der Waals surface area contributed by atoms with E-state index in [4.69, 9.17) is 21.3 Å². The number of likely N-dealkylation sites (tertiary alicyclic amines) is 1. The van der Waals surface area contributed by atoms with Gasteiger partial charge in [0.2, 0.25) is 0 Å². The standard InChI is InChI=1S/C15H18N2.C14H21FN2.C12H19NO.3C11H17N.C10H14ClN.C10H14FN/c1-11-8-9-13(12-7-5-6-10-16-12)17-14(11)15(2,3)4;1-10-5-6-11(7-17-8-12(15)9-17)13(16-10)14(2,3)4;1-9-6-7-10(8-14-5)11(13-9)12(2,3)4;3*1-8-6-7-9(2)12-10(8)11(3,4)5;2*1-7-5-6-8(11)9(12-7)10(2,3)4/h5-10H,1-4H3;5-6,12H,7-9H2,1-4H3;6-7H,8H2,1-5H3;3*6-7H,1-5H3;2*5-6H,1-4H3. The molecule has 0 aromatic carbocycles. The van der Waals surface area contributed by atoms with Crippen LogP contribution in [-0.2, 0) is 61.2 Å². The number of nitrogens with zero attached hydrogens (tertiary/aromatic N) is 10. The van der Waals surface area contributed by atoms with Gasteiger partial charge in [-0.05, 0) is 182 Å². The highest BCUT2D eigenvalue weighted by Crippen LogP contribution is 2.32. The second-order valence-electron chi connectivity index (χ2n) is 37.1. The number of hydrogen-bond acceptors (Lipinski definition) is 11. The molecule has 0 N–H and O–H groups in total. The maximum atomic E-state index is 13.2. The highest BCUT2D eigenvalue weighted by Gasteiger charge is 2.30. The maximum Gasteiger partial charge on any atom is 0.145 e. The van der Waals surface area contributed by atoms with Crippen molar-refractivity contribution in [2.24, 2.45) is 0 Å². The zero-order chi connectivity index (χ0) is 82.6. The molecule has 10 heterocycles. The Kier molecular flexibility index (Phi) is 34.9. The molecule has 108 heavy (non-hydrogen) atoms. The largest absolute Gasteiger partial charge is 0.380 e. The molecule has 0 saturated carbocycles. The Labute approximate surface area is 658 Å². The summed E-state index contributed by atoms with van der Waals surface area (Å²) in [5.41, 5.74) is 25.7. The van der Waals surface area contributed by atoms with E-state index in [9.17, 15) is 8.78 Å². The topological polar surface area (TPSA) is 128 Å². The van der Waals surface area contributed by atoms with Gasteiger partial charge in [0.1, 0.15) is 12.0 Å². The Morgan fingerprint density at radius 3 is 0.954 bits per heavy atom. The zero-order valence-corrected chi connectivity index (χ0v) is 74.2. The normalized spacial score (nSPS) is 12.7. The van der Waals surface area contributed by atoms with Crippen molar-refractivity contribution in [3.05, 3.63) is 251 Å². The van der Waals surface area contributed by atoms with Crippen LogP contribution in [0.2, 0.25) is 5.02 Å². The van der Waals surface area contributed by atoms with Crippen LogP contribution < -0.4 is 0 Å². The zero-order valence-electron chi connectivity index (χ0n) is 73.5. The molecule has 590 valence electrons. The number of ether oxygens (including phenoxy) is 1. The molecule has 9 aromatic rings. The summed E-state index contributed by atoms with van der Waals surface area (Å²) in [5, 5.41) is 0.758. The first-order chi connectivity index (χ1) is 49.3. The van der Waals surface area contributed by atoms with Gasteiger partial charge in [0.15, 0.2) is 0 Å². The van der Waals surface area contributed by atoms with Crippen LogP contribution in [0, 0.1) is 82.0 Å². The lowest BCUT2D eigenvalue weighted by Crippen LogP contribution is -2.47. The summed E-state index contributed by atoms with van der Waals surface area (Å²) in [4.78, 5) is 42.7. The van der Waals surface area contributed by atoms with E-state index in [1.807, 2.05) is 118 Å². The smallest absolute Gasteiger partial charge is 0.145 e. The van der Waals surface area contributed by atoms with E-state index in [2.05, 4.69) is 272 Å². The summed E-state index contributed by atoms with van der Waals surface area (Å²) in [6.45, 7) is 76.6. The molecule has 0 aliphatic carbocycles. The minimum absolute atomic E-state index is 0.0309. The van der Waals surface area contributed by atoms with Crippen LogP contribution in [-0.4, -0.2) is 76.1 Å². The van der Waals surface area contributed by atoms with E-state index < -0.39 is 6.17 Å². The van der Waals surface area contributed by atoms with Crippen LogP contribution in [0.1, 0.15) is 285 Å². The van der Waals surface area contributed by atoms with Crippen LogP contribution in [0.3, 0.4) is 0 Å². The van der Waals surface area contributed by atoms with Crippen molar-refractivity contribution in [2.45, 2.75) is 305 Å². The Balaban J connectivity index is 0.000000322. The van der Waals surface area contributed by atoms with Gasteiger partial charge in [-0.25, -0.2) is 8.78 Å². The van der Waals surface area contributed by atoms with E-state index in [1.54, 1.807) is 19.4 Å². The van der Waals surface area contributed by atoms with Gasteiger partial charge in [-0.1, -0.05) is 220 Å². The van der Waals surface area contributed by atoms with Crippen LogP contribution in [0.5, 0.6) is 0 Å². The first-order valence-corrected chi connectivity index (χ1v) is 38.5. The third-order valence-corrected chi connectivity index (χ3v) is 17.5. The Bertz CT molecular complexity index is 3940. The fourth-order valence-corrected chi connectivity index (χ4v) is 12.4. The van der Waals surface area contributed by atoms with E-state index in [-0.39, 0.29) is 49.1 Å². The van der Waals surface area contributed by atoms with E-state index >= 15 is 0 Å². The molecule has 1 aliphatic rings. The summed E-state index contributed by atoms with van der Waals surface area (Å²) in [6, 6.07) is 38.0. The van der Waals surface area contributed by atoms with Crippen molar-refractivity contribution < 1.29 is 13.5 Å². The summed E-state index contributed by atoms with van der Waals surface area (Å²) in [7, 11) is 1.71. The number of methoxy groups -OCH3 is 1. The van der Waals surface area contributed by atoms with Gasteiger partial charge in [0.25, 0.3) is 0 Å². The Morgan fingerprint density at radius 1 is 0.343 bits per heavy atom. The summed E-state index contributed by atoms with van der Waals surface area (Å²) >= 11 is 6.02. The lowest BCUT2D eigenvalue weighted by Gasteiger charge is -2.35. The predicted octanol–water partition coefficient (Wildman–Crippen LogP) is 24.6. The molecule has 0 amide bonds. The number of aromatic nitrogens is 9. The highest BCUT2D eigenvalue weighted by atomic mass is 35.5. The quantitative estimate of drug-likeness (QED) is 0.163. The van der Waals surface area contributed by atoms with Crippen LogP contribution >= 0.6 is 11.6 Å². The molecular weight excluding hydrogens is 1360 g/mol. The molecule has 0 unspecified atom stereocenters. The fraction of sp³-hybridized carbons (Fsp3) is 0.521. The molecule has 1 saturated heterocycles. The van der Waals surface area contributed by atoms with Crippen LogP contribution in [0.25, 0.3) is 11.4 Å². The van der Waals surface area contributed by atoms with E-state index in [0.29, 0.717) is 25.4 Å². The van der Waals surface area contributed by atoms with Gasteiger partial charge >= 0.3 is 0 Å². The van der Waals surface area contributed by atoms with E-state index in [1.165, 1.54) is 56.5 Å².